The van der Waals surface area contributed by atoms with E-state index in [9.17, 15) is 14.9 Å². The summed E-state index contributed by atoms with van der Waals surface area (Å²) in [6, 6.07) is 6.06. The van der Waals surface area contributed by atoms with Gasteiger partial charge in [0.25, 0.3) is 0 Å². The van der Waals surface area contributed by atoms with Crippen molar-refractivity contribution in [2.45, 2.75) is 60.5 Å². The number of nitrogens with zero attached hydrogens (tertiary/aromatic N) is 4. The lowest BCUT2D eigenvalue weighted by atomic mass is 10.1. The number of nitro groups is 1. The molecule has 0 spiro atoms. The fourth-order valence-corrected chi connectivity index (χ4v) is 3.17. The van der Waals surface area contributed by atoms with Crippen molar-refractivity contribution < 1.29 is 9.72 Å². The first-order valence-electron chi connectivity index (χ1n) is 8.71. The van der Waals surface area contributed by atoms with Crippen LogP contribution in [0.4, 0.5) is 11.4 Å². The van der Waals surface area contributed by atoms with E-state index in [-0.39, 0.29) is 24.1 Å². The summed E-state index contributed by atoms with van der Waals surface area (Å²) in [4.78, 5) is 25.4. The number of hydrogen-bond donors (Lipinski definition) is 0. The summed E-state index contributed by atoms with van der Waals surface area (Å²) < 4.78 is 1.55. The lowest BCUT2D eigenvalue weighted by Gasteiger charge is -2.29. The van der Waals surface area contributed by atoms with Crippen molar-refractivity contribution in [1.82, 2.24) is 9.78 Å². The van der Waals surface area contributed by atoms with Gasteiger partial charge in [-0.25, -0.2) is 0 Å². The molecule has 1 heterocycles. The molecule has 0 saturated heterocycles. The highest BCUT2D eigenvalue weighted by Gasteiger charge is 2.24. The van der Waals surface area contributed by atoms with E-state index in [4.69, 9.17) is 0 Å². The largest absolute Gasteiger partial charge is 0.312 e. The van der Waals surface area contributed by atoms with E-state index in [1.165, 1.54) is 0 Å². The average molecular weight is 358 g/mol. The van der Waals surface area contributed by atoms with Crippen molar-refractivity contribution in [3.63, 3.8) is 0 Å². The molecule has 0 saturated carbocycles. The second-order valence-electron chi connectivity index (χ2n) is 6.90. The van der Waals surface area contributed by atoms with Gasteiger partial charge in [0.2, 0.25) is 5.91 Å². The van der Waals surface area contributed by atoms with Crippen molar-refractivity contribution in [1.29, 1.82) is 0 Å². The number of rotatable bonds is 6. The Morgan fingerprint density at radius 3 is 2.46 bits per heavy atom. The number of hydrogen-bond acceptors (Lipinski definition) is 4. The van der Waals surface area contributed by atoms with Gasteiger partial charge in [-0.15, -0.1) is 0 Å². The first kappa shape index (κ1) is 19.6. The molecule has 2 rings (SSSR count). The van der Waals surface area contributed by atoms with Crippen LogP contribution >= 0.6 is 0 Å². The lowest BCUT2D eigenvalue weighted by molar-refractivity contribution is -0.386. The number of carbonyl (C=O) groups is 1. The molecule has 1 aromatic carbocycles. The predicted octanol–water partition coefficient (Wildman–Crippen LogP) is 3.86. The zero-order valence-electron chi connectivity index (χ0n) is 16.2. The van der Waals surface area contributed by atoms with Crippen LogP contribution in [0.5, 0.6) is 0 Å². The number of carbonyl (C=O) groups excluding carboxylic acids is 1. The molecule has 0 unspecified atom stereocenters. The minimum absolute atomic E-state index is 0.0118. The number of benzene rings is 1. The van der Waals surface area contributed by atoms with Crippen LogP contribution in [0.1, 0.15) is 42.8 Å². The average Bonchev–Trinajstić information content (AvgIpc) is 2.82. The molecule has 0 aliphatic heterocycles. The van der Waals surface area contributed by atoms with Gasteiger partial charge in [0.1, 0.15) is 11.4 Å². The maximum absolute atomic E-state index is 12.9. The number of aromatic nitrogens is 2. The number of aryl methyl sites for hydroxylation is 4. The molecule has 140 valence electrons. The molecular formula is C19H26N4O3. The molecule has 26 heavy (non-hydrogen) atoms. The molecule has 1 amide bonds. The van der Waals surface area contributed by atoms with Crippen molar-refractivity contribution in [3.8, 4) is 0 Å². The summed E-state index contributed by atoms with van der Waals surface area (Å²) in [7, 11) is 0. The molecule has 0 atom stereocenters. The normalized spacial score (nSPS) is 11.0. The van der Waals surface area contributed by atoms with Crippen LogP contribution in [0.25, 0.3) is 0 Å². The minimum Gasteiger partial charge on any atom is -0.310 e. The van der Waals surface area contributed by atoms with Gasteiger partial charge in [-0.2, -0.15) is 5.10 Å². The van der Waals surface area contributed by atoms with Crippen LogP contribution in [0.2, 0.25) is 0 Å². The lowest BCUT2D eigenvalue weighted by Crippen LogP contribution is -2.38. The second kappa shape index (κ2) is 7.68. The summed E-state index contributed by atoms with van der Waals surface area (Å²) in [5.74, 6) is -0.0242. The summed E-state index contributed by atoms with van der Waals surface area (Å²) in [6.07, 6.45) is 0.227. The van der Waals surface area contributed by atoms with Gasteiger partial charge < -0.3 is 4.90 Å². The van der Waals surface area contributed by atoms with Gasteiger partial charge in [0.05, 0.1) is 11.5 Å². The van der Waals surface area contributed by atoms with Crippen molar-refractivity contribution in [2.75, 3.05) is 4.90 Å². The Bertz CT molecular complexity index is 840. The van der Waals surface area contributed by atoms with E-state index < -0.39 is 4.92 Å². The Balaban J connectivity index is 2.23. The van der Waals surface area contributed by atoms with Crippen molar-refractivity contribution in [2.24, 2.45) is 0 Å². The standard InChI is InChI=1S/C19H26N4O3/c1-12(2)22(17-11-13(3)7-8-14(17)4)18(24)9-10-21-16(6)19(23(25)26)15(5)20-21/h7-8,11-12H,9-10H2,1-6H3. The fourth-order valence-electron chi connectivity index (χ4n) is 3.17. The van der Waals surface area contributed by atoms with Gasteiger partial charge in [0.15, 0.2) is 0 Å². The molecule has 0 radical (unpaired) electrons. The quantitative estimate of drug-likeness (QED) is 0.580. The first-order chi connectivity index (χ1) is 12.1. The van der Waals surface area contributed by atoms with Gasteiger partial charge in [-0.1, -0.05) is 12.1 Å². The molecule has 7 nitrogen and oxygen atoms in total. The Morgan fingerprint density at radius 1 is 1.27 bits per heavy atom. The van der Waals surface area contributed by atoms with E-state index in [0.29, 0.717) is 17.9 Å². The van der Waals surface area contributed by atoms with Crippen LogP contribution in [-0.4, -0.2) is 26.7 Å². The number of amides is 1. The van der Waals surface area contributed by atoms with Crippen LogP contribution < -0.4 is 4.90 Å². The van der Waals surface area contributed by atoms with Crippen LogP contribution in [-0.2, 0) is 11.3 Å². The highest BCUT2D eigenvalue weighted by molar-refractivity contribution is 5.94. The molecule has 1 aromatic heterocycles. The van der Waals surface area contributed by atoms with Crippen molar-refractivity contribution in [3.05, 3.63) is 50.8 Å². The zero-order chi connectivity index (χ0) is 19.6. The van der Waals surface area contributed by atoms with Gasteiger partial charge in [-0.05, 0) is 58.7 Å². The molecule has 0 aliphatic carbocycles. The van der Waals surface area contributed by atoms with E-state index in [0.717, 1.165) is 16.8 Å². The summed E-state index contributed by atoms with van der Waals surface area (Å²) >= 11 is 0. The monoisotopic (exact) mass is 358 g/mol. The second-order valence-corrected chi connectivity index (χ2v) is 6.90. The van der Waals surface area contributed by atoms with Crippen LogP contribution in [0.3, 0.4) is 0 Å². The Hall–Kier alpha value is -2.70. The zero-order valence-corrected chi connectivity index (χ0v) is 16.2. The Labute approximate surface area is 153 Å². The van der Waals surface area contributed by atoms with E-state index in [2.05, 4.69) is 5.10 Å². The molecule has 0 bridgehead atoms. The molecular weight excluding hydrogens is 332 g/mol. The van der Waals surface area contributed by atoms with Gasteiger partial charge in [-0.3, -0.25) is 19.6 Å². The maximum Gasteiger partial charge on any atom is 0.312 e. The smallest absolute Gasteiger partial charge is 0.310 e. The highest BCUT2D eigenvalue weighted by Crippen LogP contribution is 2.25. The maximum atomic E-state index is 12.9. The van der Waals surface area contributed by atoms with Gasteiger partial charge >= 0.3 is 5.69 Å². The van der Waals surface area contributed by atoms with Crippen LogP contribution in [0, 0.1) is 37.8 Å². The SMILES string of the molecule is Cc1ccc(C)c(N(C(=O)CCn2nc(C)c([N+](=O)[O-])c2C)C(C)C)c1. The molecule has 7 heteroatoms. The van der Waals surface area contributed by atoms with E-state index in [1.54, 1.807) is 23.4 Å². The summed E-state index contributed by atoms with van der Waals surface area (Å²) in [5, 5.41) is 15.3. The molecule has 0 N–H and O–H groups in total. The third kappa shape index (κ3) is 3.92. The molecule has 0 fully saturated rings. The third-order valence-electron chi connectivity index (χ3n) is 4.47. The molecule has 0 aliphatic rings. The Kier molecular flexibility index (Phi) is 5.79. The summed E-state index contributed by atoms with van der Waals surface area (Å²) in [6.45, 7) is 11.5. The third-order valence-corrected chi connectivity index (χ3v) is 4.47. The topological polar surface area (TPSA) is 81.3 Å². The first-order valence-corrected chi connectivity index (χ1v) is 8.71. The van der Waals surface area contributed by atoms with E-state index >= 15 is 0 Å². The number of anilines is 1. The fraction of sp³-hybridized carbons (Fsp3) is 0.474. The van der Waals surface area contributed by atoms with E-state index in [1.807, 2.05) is 45.9 Å². The molecule has 2 aromatic rings. The van der Waals surface area contributed by atoms with Crippen molar-refractivity contribution >= 4 is 17.3 Å². The predicted molar refractivity (Wildman–Crippen MR) is 102 cm³/mol. The minimum atomic E-state index is -0.424. The van der Waals surface area contributed by atoms with Crippen LogP contribution in [0.15, 0.2) is 18.2 Å². The van der Waals surface area contributed by atoms with Gasteiger partial charge in [0, 0.05) is 18.2 Å². The summed E-state index contributed by atoms with van der Waals surface area (Å²) in [5.41, 5.74) is 3.91. The Morgan fingerprint density at radius 2 is 1.92 bits per heavy atom. The highest BCUT2D eigenvalue weighted by atomic mass is 16.6.